The van der Waals surface area contributed by atoms with Crippen LogP contribution in [0, 0.1) is 5.41 Å². The third-order valence-electron chi connectivity index (χ3n) is 6.83. The first-order valence-electron chi connectivity index (χ1n) is 10.7. The number of hydrogen-bond acceptors (Lipinski definition) is 5. The molecule has 2 saturated carbocycles. The lowest BCUT2D eigenvalue weighted by atomic mass is 9.52. The minimum atomic E-state index is -0.355. The molecule has 6 heteroatoms. The van der Waals surface area contributed by atoms with Crippen molar-refractivity contribution in [3.63, 3.8) is 0 Å². The molecule has 1 spiro atoms. The van der Waals surface area contributed by atoms with E-state index in [0.29, 0.717) is 29.6 Å². The Morgan fingerprint density at radius 1 is 1.14 bits per heavy atom. The predicted molar refractivity (Wildman–Crippen MR) is 117 cm³/mol. The summed E-state index contributed by atoms with van der Waals surface area (Å²) >= 11 is 0. The highest BCUT2D eigenvalue weighted by Gasteiger charge is 2.53. The summed E-state index contributed by atoms with van der Waals surface area (Å²) in [6, 6.07) is 11.9. The van der Waals surface area contributed by atoms with Crippen molar-refractivity contribution in [1.82, 2.24) is 14.5 Å². The summed E-state index contributed by atoms with van der Waals surface area (Å²) in [5, 5.41) is 0. The molecular weight excluding hydrogens is 362 g/mol. The molecule has 2 aliphatic rings. The molecule has 0 radical (unpaired) electrons. The molecular formula is C23H33N5O. The smallest absolute Gasteiger partial charge is 0.354 e. The second-order valence-corrected chi connectivity index (χ2v) is 9.50. The number of nitrogens with zero attached hydrogens (tertiary/aromatic N) is 3. The molecule has 1 atom stereocenters. The quantitative estimate of drug-likeness (QED) is 0.785. The molecule has 2 fully saturated rings. The van der Waals surface area contributed by atoms with E-state index in [1.165, 1.54) is 35.8 Å². The van der Waals surface area contributed by atoms with Crippen molar-refractivity contribution in [2.45, 2.75) is 77.0 Å². The highest BCUT2D eigenvalue weighted by molar-refractivity contribution is 5.36. The lowest BCUT2D eigenvalue weighted by Crippen LogP contribution is -2.62. The fourth-order valence-corrected chi connectivity index (χ4v) is 5.68. The van der Waals surface area contributed by atoms with Gasteiger partial charge in [-0.05, 0) is 82.1 Å². The number of benzene rings is 1. The maximum absolute atomic E-state index is 12.0. The van der Waals surface area contributed by atoms with E-state index in [1.807, 2.05) is 12.1 Å². The summed E-state index contributed by atoms with van der Waals surface area (Å²) in [6.45, 7) is 6.94. The molecule has 0 amide bonds. The van der Waals surface area contributed by atoms with Crippen LogP contribution in [0.1, 0.15) is 52.0 Å². The minimum absolute atomic E-state index is 0.243. The lowest BCUT2D eigenvalue weighted by Gasteiger charge is -2.61. The van der Waals surface area contributed by atoms with Crippen molar-refractivity contribution in [3.05, 3.63) is 52.6 Å². The van der Waals surface area contributed by atoms with Crippen LogP contribution >= 0.6 is 0 Å². The van der Waals surface area contributed by atoms with E-state index in [-0.39, 0.29) is 11.5 Å². The molecule has 4 rings (SSSR count). The molecule has 1 aromatic heterocycles. The van der Waals surface area contributed by atoms with Crippen LogP contribution in [0.2, 0.25) is 0 Å². The van der Waals surface area contributed by atoms with E-state index in [9.17, 15) is 4.79 Å². The van der Waals surface area contributed by atoms with E-state index in [2.05, 4.69) is 42.8 Å². The lowest BCUT2D eigenvalue weighted by molar-refractivity contribution is -0.0860. The zero-order valence-electron chi connectivity index (χ0n) is 17.7. The van der Waals surface area contributed by atoms with Gasteiger partial charge >= 0.3 is 5.69 Å². The van der Waals surface area contributed by atoms with Gasteiger partial charge in [0.1, 0.15) is 5.82 Å². The van der Waals surface area contributed by atoms with Crippen LogP contribution in [-0.4, -0.2) is 38.6 Å². The van der Waals surface area contributed by atoms with Crippen molar-refractivity contribution in [2.24, 2.45) is 11.1 Å². The van der Waals surface area contributed by atoms with Gasteiger partial charge in [0.25, 0.3) is 0 Å². The number of rotatable bonds is 6. The number of hydrogen-bond donors (Lipinski definition) is 2. The molecule has 1 aromatic carbocycles. The van der Waals surface area contributed by atoms with E-state index >= 15 is 0 Å². The predicted octanol–water partition coefficient (Wildman–Crippen LogP) is 2.73. The van der Waals surface area contributed by atoms with Crippen molar-refractivity contribution < 1.29 is 0 Å². The van der Waals surface area contributed by atoms with E-state index in [1.54, 1.807) is 12.3 Å². The maximum Gasteiger partial charge on any atom is 0.354 e. The molecule has 4 N–H and O–H groups in total. The van der Waals surface area contributed by atoms with Crippen molar-refractivity contribution in [1.29, 1.82) is 0 Å². The van der Waals surface area contributed by atoms with Gasteiger partial charge in [0.15, 0.2) is 0 Å². The summed E-state index contributed by atoms with van der Waals surface area (Å²) < 4.78 is 1.52. The highest BCUT2D eigenvalue weighted by Crippen LogP contribution is 2.57. The maximum atomic E-state index is 12.0. The van der Waals surface area contributed by atoms with Gasteiger partial charge in [-0.3, -0.25) is 9.47 Å². The standard InChI is InChI=1S/C23H33N5O/c1-15(2)28(20-13-23(14-20)11-18(24)12-23)16(3)10-17-4-6-19(7-5-17)27-9-8-21(25)26-22(27)29/h4-9,15-16,18,20H,10-14,24H2,1-3H3,(H2,25,26,29). The van der Waals surface area contributed by atoms with Crippen LogP contribution in [0.25, 0.3) is 5.69 Å². The summed E-state index contributed by atoms with van der Waals surface area (Å²) in [5.74, 6) is 0.243. The number of anilines is 1. The molecule has 0 bridgehead atoms. The van der Waals surface area contributed by atoms with Gasteiger partial charge in [-0.25, -0.2) is 4.79 Å². The topological polar surface area (TPSA) is 90.2 Å². The van der Waals surface area contributed by atoms with Gasteiger partial charge in [0.2, 0.25) is 0 Å². The second kappa shape index (κ2) is 7.58. The molecule has 156 valence electrons. The average molecular weight is 396 g/mol. The normalized spacial score (nSPS) is 27.1. The summed E-state index contributed by atoms with van der Waals surface area (Å²) in [7, 11) is 0. The molecule has 6 nitrogen and oxygen atoms in total. The van der Waals surface area contributed by atoms with Gasteiger partial charge in [0.05, 0.1) is 5.69 Å². The summed E-state index contributed by atoms with van der Waals surface area (Å²) in [6.07, 6.45) is 7.69. The molecule has 2 aliphatic carbocycles. The van der Waals surface area contributed by atoms with E-state index in [0.717, 1.165) is 12.1 Å². The zero-order valence-corrected chi connectivity index (χ0v) is 17.7. The average Bonchev–Trinajstić information content (AvgIpc) is 2.59. The number of aromatic nitrogens is 2. The zero-order chi connectivity index (χ0) is 20.8. The van der Waals surface area contributed by atoms with Crippen LogP contribution in [0.4, 0.5) is 5.82 Å². The summed E-state index contributed by atoms with van der Waals surface area (Å²) in [4.78, 5) is 18.5. The molecule has 29 heavy (non-hydrogen) atoms. The van der Waals surface area contributed by atoms with Crippen LogP contribution in [0.15, 0.2) is 41.3 Å². The van der Waals surface area contributed by atoms with Crippen LogP contribution in [0.5, 0.6) is 0 Å². The third kappa shape index (κ3) is 3.96. The second-order valence-electron chi connectivity index (χ2n) is 9.50. The first kappa shape index (κ1) is 20.1. The van der Waals surface area contributed by atoms with Crippen LogP contribution < -0.4 is 17.2 Å². The Labute approximate surface area is 172 Å². The molecule has 1 heterocycles. The van der Waals surface area contributed by atoms with Crippen molar-refractivity contribution in [3.8, 4) is 5.69 Å². The fraction of sp³-hybridized carbons (Fsp3) is 0.565. The van der Waals surface area contributed by atoms with E-state index < -0.39 is 0 Å². The highest BCUT2D eigenvalue weighted by atomic mass is 16.1. The first-order valence-corrected chi connectivity index (χ1v) is 10.7. The first-order chi connectivity index (χ1) is 13.8. The summed E-state index contributed by atoms with van der Waals surface area (Å²) in [5.41, 5.74) is 13.9. The fourth-order valence-electron chi connectivity index (χ4n) is 5.68. The number of nitrogen functional groups attached to an aromatic ring is 1. The Kier molecular flexibility index (Phi) is 5.25. The molecule has 0 saturated heterocycles. The van der Waals surface area contributed by atoms with Crippen molar-refractivity contribution >= 4 is 5.82 Å². The Bertz CT molecular complexity index is 906. The minimum Gasteiger partial charge on any atom is -0.383 e. The van der Waals surface area contributed by atoms with Gasteiger partial charge in [-0.1, -0.05) is 12.1 Å². The van der Waals surface area contributed by atoms with Gasteiger partial charge in [0, 0.05) is 30.4 Å². The molecule has 1 unspecified atom stereocenters. The molecule has 2 aromatic rings. The molecule has 0 aliphatic heterocycles. The van der Waals surface area contributed by atoms with Gasteiger partial charge in [-0.2, -0.15) is 4.98 Å². The Hall–Kier alpha value is -2.18. The monoisotopic (exact) mass is 395 g/mol. The Balaban J connectivity index is 1.41. The Morgan fingerprint density at radius 3 is 2.34 bits per heavy atom. The van der Waals surface area contributed by atoms with Crippen LogP contribution in [0.3, 0.4) is 0 Å². The SMILES string of the molecule is CC(C)N(C(C)Cc1ccc(-n2ccc(N)nc2=O)cc1)C1CC2(CC(N)C2)C1. The van der Waals surface area contributed by atoms with E-state index in [4.69, 9.17) is 11.5 Å². The third-order valence-corrected chi connectivity index (χ3v) is 6.83. The Morgan fingerprint density at radius 2 is 1.79 bits per heavy atom. The van der Waals surface area contributed by atoms with Gasteiger partial charge < -0.3 is 11.5 Å². The number of nitrogens with two attached hydrogens (primary N) is 2. The van der Waals surface area contributed by atoms with Gasteiger partial charge in [-0.15, -0.1) is 0 Å². The van der Waals surface area contributed by atoms with Crippen LogP contribution in [-0.2, 0) is 6.42 Å². The largest absolute Gasteiger partial charge is 0.383 e. The van der Waals surface area contributed by atoms with Crippen molar-refractivity contribution in [2.75, 3.05) is 5.73 Å².